The molecule has 4 nitrogen and oxygen atoms in total. The maximum absolute atomic E-state index is 12.5. The predicted octanol–water partition coefficient (Wildman–Crippen LogP) is 3.25. The molecular formula is C15H10BrN3OS. The fourth-order valence-electron chi connectivity index (χ4n) is 2.49. The van der Waals surface area contributed by atoms with Gasteiger partial charge in [-0.25, -0.2) is 0 Å². The van der Waals surface area contributed by atoms with E-state index >= 15 is 0 Å². The van der Waals surface area contributed by atoms with Crippen LogP contribution in [0.1, 0.15) is 11.1 Å². The highest BCUT2D eigenvalue weighted by Crippen LogP contribution is 2.48. The van der Waals surface area contributed by atoms with Crippen LogP contribution in [0.15, 0.2) is 58.1 Å². The topological polar surface area (TPSA) is 53.5 Å². The Kier molecular flexibility index (Phi) is 2.83. The molecule has 6 heteroatoms. The molecule has 0 bridgehead atoms. The highest BCUT2D eigenvalue weighted by atomic mass is 79.9. The lowest BCUT2D eigenvalue weighted by atomic mass is 10.1. The largest absolute Gasteiger partial charge is 0.323 e. The quantitative estimate of drug-likeness (QED) is 0.821. The molecule has 2 N–H and O–H groups in total. The molecule has 0 radical (unpaired) electrons. The number of thioether (sulfide) groups is 1. The number of carbonyl (C=O) groups excluding carboxylic acids is 1. The molecule has 2 aliphatic rings. The van der Waals surface area contributed by atoms with Gasteiger partial charge < -0.3 is 5.32 Å². The third-order valence-corrected chi connectivity index (χ3v) is 5.33. The average molecular weight is 360 g/mol. The van der Waals surface area contributed by atoms with Gasteiger partial charge in [-0.15, -0.1) is 0 Å². The van der Waals surface area contributed by atoms with E-state index < -0.39 is 4.87 Å². The molecular weight excluding hydrogens is 350 g/mol. The fourth-order valence-corrected chi connectivity index (χ4v) is 4.00. The summed E-state index contributed by atoms with van der Waals surface area (Å²) in [6.07, 6.45) is 0. The Balaban J connectivity index is 1.76. The normalized spacial score (nSPS) is 22.7. The lowest BCUT2D eigenvalue weighted by Crippen LogP contribution is -2.39. The first-order valence-corrected chi connectivity index (χ1v) is 8.01. The predicted molar refractivity (Wildman–Crippen MR) is 88.2 cm³/mol. The molecule has 2 heterocycles. The van der Waals surface area contributed by atoms with Gasteiger partial charge in [0, 0.05) is 21.3 Å². The van der Waals surface area contributed by atoms with Gasteiger partial charge in [0.15, 0.2) is 0 Å². The van der Waals surface area contributed by atoms with Gasteiger partial charge >= 0.3 is 0 Å². The van der Waals surface area contributed by atoms with E-state index in [2.05, 4.69) is 31.8 Å². The number of halogens is 1. The van der Waals surface area contributed by atoms with Crippen LogP contribution in [0.25, 0.3) is 0 Å². The Bertz CT molecular complexity index is 778. The number of amides is 1. The van der Waals surface area contributed by atoms with Crippen molar-refractivity contribution in [2.75, 3.05) is 5.32 Å². The Morgan fingerprint density at radius 2 is 1.95 bits per heavy atom. The van der Waals surface area contributed by atoms with Crippen LogP contribution in [0, 0.1) is 0 Å². The molecule has 1 amide bonds. The molecule has 0 fully saturated rings. The van der Waals surface area contributed by atoms with Crippen LogP contribution in [-0.2, 0) is 9.67 Å². The second-order valence-corrected chi connectivity index (χ2v) is 6.94. The Hall–Kier alpha value is -1.79. The highest BCUT2D eigenvalue weighted by Gasteiger charge is 2.52. The summed E-state index contributed by atoms with van der Waals surface area (Å²) in [5.41, 5.74) is 5.77. The molecule has 0 unspecified atom stereocenters. The van der Waals surface area contributed by atoms with Gasteiger partial charge in [-0.1, -0.05) is 58.0 Å². The van der Waals surface area contributed by atoms with Crippen molar-refractivity contribution < 1.29 is 4.79 Å². The number of anilines is 1. The first-order chi connectivity index (χ1) is 10.2. The zero-order valence-electron chi connectivity index (χ0n) is 10.8. The van der Waals surface area contributed by atoms with Crippen LogP contribution in [0.5, 0.6) is 0 Å². The number of hydrogen-bond acceptors (Lipinski definition) is 4. The summed E-state index contributed by atoms with van der Waals surface area (Å²) in [6, 6.07) is 15.6. The average Bonchev–Trinajstić information content (AvgIpc) is 3.06. The molecule has 1 atom stereocenters. The molecule has 2 aromatic carbocycles. The van der Waals surface area contributed by atoms with Gasteiger partial charge in [-0.2, -0.15) is 5.10 Å². The van der Waals surface area contributed by atoms with Crippen LogP contribution in [0.4, 0.5) is 5.69 Å². The summed E-state index contributed by atoms with van der Waals surface area (Å²) in [7, 11) is 0. The summed E-state index contributed by atoms with van der Waals surface area (Å²) in [5.74, 6) is -0.0877. The van der Waals surface area contributed by atoms with Gasteiger partial charge in [-0.3, -0.25) is 10.2 Å². The summed E-state index contributed by atoms with van der Waals surface area (Å²) in [6.45, 7) is 0. The summed E-state index contributed by atoms with van der Waals surface area (Å²) in [4.78, 5) is 11.6. The van der Waals surface area contributed by atoms with E-state index in [0.29, 0.717) is 0 Å². The number of nitrogens with zero attached hydrogens (tertiary/aromatic N) is 1. The first-order valence-electron chi connectivity index (χ1n) is 6.40. The van der Waals surface area contributed by atoms with E-state index in [0.717, 1.165) is 26.3 Å². The third-order valence-electron chi connectivity index (χ3n) is 3.51. The minimum Gasteiger partial charge on any atom is -0.323 e. The molecule has 1 spiro atoms. The maximum atomic E-state index is 12.5. The van der Waals surface area contributed by atoms with Crippen molar-refractivity contribution in [3.05, 3.63) is 64.1 Å². The van der Waals surface area contributed by atoms with Gasteiger partial charge in [0.25, 0.3) is 5.91 Å². The summed E-state index contributed by atoms with van der Waals surface area (Å²) >= 11 is 4.90. The lowest BCUT2D eigenvalue weighted by Gasteiger charge is -2.19. The fraction of sp³-hybridized carbons (Fsp3) is 0.0667. The number of hydrogen-bond donors (Lipinski definition) is 2. The van der Waals surface area contributed by atoms with Crippen LogP contribution in [0.3, 0.4) is 0 Å². The van der Waals surface area contributed by atoms with E-state index in [9.17, 15) is 4.79 Å². The number of benzene rings is 2. The van der Waals surface area contributed by atoms with Crippen LogP contribution in [0.2, 0.25) is 0 Å². The van der Waals surface area contributed by atoms with Crippen LogP contribution in [-0.4, -0.2) is 11.0 Å². The van der Waals surface area contributed by atoms with Crippen molar-refractivity contribution in [2.24, 2.45) is 5.10 Å². The van der Waals surface area contributed by atoms with Gasteiger partial charge in [0.2, 0.25) is 4.87 Å². The van der Waals surface area contributed by atoms with E-state index in [1.54, 1.807) is 0 Å². The van der Waals surface area contributed by atoms with Crippen molar-refractivity contribution in [3.63, 3.8) is 0 Å². The second-order valence-electron chi connectivity index (χ2n) is 4.82. The van der Waals surface area contributed by atoms with Crippen molar-refractivity contribution in [3.8, 4) is 0 Å². The molecule has 4 rings (SSSR count). The van der Waals surface area contributed by atoms with Gasteiger partial charge in [-0.05, 0) is 18.2 Å². The summed E-state index contributed by atoms with van der Waals surface area (Å²) in [5, 5.41) is 8.10. The third kappa shape index (κ3) is 1.90. The van der Waals surface area contributed by atoms with E-state index in [-0.39, 0.29) is 5.91 Å². The molecule has 0 aliphatic carbocycles. The zero-order valence-corrected chi connectivity index (χ0v) is 13.2. The number of nitrogens with one attached hydrogen (secondary N) is 2. The minimum absolute atomic E-state index is 0.0877. The van der Waals surface area contributed by atoms with Crippen molar-refractivity contribution in [2.45, 2.75) is 4.87 Å². The van der Waals surface area contributed by atoms with Crippen molar-refractivity contribution in [1.29, 1.82) is 0 Å². The number of rotatable bonds is 1. The minimum atomic E-state index is -0.871. The van der Waals surface area contributed by atoms with Crippen LogP contribution < -0.4 is 10.7 Å². The van der Waals surface area contributed by atoms with E-state index in [1.807, 2.05) is 48.5 Å². The summed E-state index contributed by atoms with van der Waals surface area (Å²) < 4.78 is 0.938. The van der Waals surface area contributed by atoms with Crippen molar-refractivity contribution in [1.82, 2.24) is 5.43 Å². The van der Waals surface area contributed by atoms with Crippen LogP contribution >= 0.6 is 27.7 Å². The van der Waals surface area contributed by atoms with Crippen molar-refractivity contribution >= 4 is 44.3 Å². The SMILES string of the molecule is O=C1Nc2ccc(Br)cc2[C@]12NN=C(c1ccccc1)S2. The monoisotopic (exact) mass is 359 g/mol. The van der Waals surface area contributed by atoms with E-state index in [1.165, 1.54) is 11.8 Å². The Morgan fingerprint density at radius 3 is 2.76 bits per heavy atom. The molecule has 0 aromatic heterocycles. The standard InChI is InChI=1S/C15H10BrN3OS/c16-10-6-7-12-11(8-10)15(14(20)17-12)19-18-13(21-15)9-4-2-1-3-5-9/h1-8,19H,(H,17,20)/t15-/m1/s1. The highest BCUT2D eigenvalue weighted by molar-refractivity contribution is 9.10. The molecule has 2 aliphatic heterocycles. The lowest BCUT2D eigenvalue weighted by molar-refractivity contribution is -0.118. The second kappa shape index (κ2) is 4.61. The molecule has 21 heavy (non-hydrogen) atoms. The van der Waals surface area contributed by atoms with Gasteiger partial charge in [0.05, 0.1) is 0 Å². The first kappa shape index (κ1) is 12.9. The number of fused-ring (bicyclic) bond motifs is 2. The Labute approximate surface area is 134 Å². The number of carbonyl (C=O) groups is 1. The zero-order chi connectivity index (χ0) is 14.4. The smallest absolute Gasteiger partial charge is 0.267 e. The molecule has 0 saturated heterocycles. The number of hydrazone groups is 1. The molecule has 104 valence electrons. The Morgan fingerprint density at radius 1 is 1.14 bits per heavy atom. The maximum Gasteiger partial charge on any atom is 0.267 e. The van der Waals surface area contributed by atoms with Gasteiger partial charge in [0.1, 0.15) is 5.04 Å². The molecule has 0 saturated carbocycles. The van der Waals surface area contributed by atoms with E-state index in [4.69, 9.17) is 0 Å². The molecule has 2 aromatic rings.